The van der Waals surface area contributed by atoms with E-state index in [2.05, 4.69) is 37.2 Å². The topological polar surface area (TPSA) is 86.8 Å². The predicted molar refractivity (Wildman–Crippen MR) is 186 cm³/mol. The van der Waals surface area contributed by atoms with Crippen LogP contribution in [0.15, 0.2) is 117 Å². The van der Waals surface area contributed by atoms with Crippen molar-refractivity contribution in [3.8, 4) is 0 Å². The molecule has 0 radical (unpaired) electrons. The number of carbonyl (C=O) groups is 2. The summed E-state index contributed by atoms with van der Waals surface area (Å²) in [7, 11) is -4.16. The van der Waals surface area contributed by atoms with E-state index in [1.54, 1.807) is 48.5 Å². The van der Waals surface area contributed by atoms with Crippen LogP contribution in [0.1, 0.15) is 36.5 Å². The Bertz CT molecular complexity index is 1700. The van der Waals surface area contributed by atoms with Crippen LogP contribution in [0.2, 0.25) is 0 Å². The van der Waals surface area contributed by atoms with Crippen molar-refractivity contribution in [3.05, 3.63) is 129 Å². The number of amides is 2. The van der Waals surface area contributed by atoms with E-state index in [4.69, 9.17) is 0 Å². The van der Waals surface area contributed by atoms with E-state index >= 15 is 0 Å². The molecule has 0 bridgehead atoms. The molecule has 4 aromatic rings. The maximum Gasteiger partial charge on any atom is 0.264 e. The van der Waals surface area contributed by atoms with Crippen molar-refractivity contribution in [1.29, 1.82) is 0 Å². The number of nitrogens with one attached hydrogen (secondary N) is 1. The average Bonchev–Trinajstić information content (AvgIpc) is 3.02. The van der Waals surface area contributed by atoms with Crippen LogP contribution < -0.4 is 9.62 Å². The summed E-state index contributed by atoms with van der Waals surface area (Å²) in [6, 6.07) is 29.5. The average molecular weight is 756 g/mol. The molecule has 0 saturated heterocycles. The summed E-state index contributed by atoms with van der Waals surface area (Å²) < 4.78 is 30.9. The number of halogens is 2. The number of rotatable bonds is 14. The quantitative estimate of drug-likeness (QED) is 0.137. The molecule has 0 aliphatic rings. The van der Waals surface area contributed by atoms with Crippen LogP contribution in [0, 0.1) is 6.92 Å². The lowest BCUT2D eigenvalue weighted by Gasteiger charge is -2.34. The number of hydrogen-bond donors (Lipinski definition) is 1. The van der Waals surface area contributed by atoms with Crippen molar-refractivity contribution in [2.24, 2.45) is 0 Å². The summed E-state index contributed by atoms with van der Waals surface area (Å²) in [4.78, 5) is 29.9. The third-order valence-corrected chi connectivity index (χ3v) is 10.1. The highest BCUT2D eigenvalue weighted by Gasteiger charge is 2.34. The van der Waals surface area contributed by atoms with Crippen LogP contribution in [-0.2, 0) is 32.6 Å². The Hall–Kier alpha value is -3.47. The second-order valence-corrected chi connectivity index (χ2v) is 14.5. The summed E-state index contributed by atoms with van der Waals surface area (Å²) in [5.74, 6) is -0.789. The molecule has 0 spiro atoms. The minimum Gasteiger partial charge on any atom is -0.354 e. The van der Waals surface area contributed by atoms with Gasteiger partial charge in [0.05, 0.1) is 10.6 Å². The molecule has 0 saturated carbocycles. The highest BCUT2D eigenvalue weighted by atomic mass is 79.9. The number of hydrogen-bond acceptors (Lipinski definition) is 4. The molecule has 10 heteroatoms. The van der Waals surface area contributed by atoms with E-state index in [1.165, 1.54) is 4.90 Å². The lowest BCUT2D eigenvalue weighted by Crippen LogP contribution is -2.53. The zero-order valence-electron chi connectivity index (χ0n) is 25.3. The van der Waals surface area contributed by atoms with Crippen LogP contribution in [0.25, 0.3) is 0 Å². The summed E-state index contributed by atoms with van der Waals surface area (Å²) in [5.41, 5.74) is 2.92. The number of sulfonamides is 1. The van der Waals surface area contributed by atoms with Crippen LogP contribution in [0.3, 0.4) is 0 Å². The Morgan fingerprint density at radius 2 is 1.47 bits per heavy atom. The first-order valence-corrected chi connectivity index (χ1v) is 17.8. The molecule has 0 heterocycles. The van der Waals surface area contributed by atoms with Crippen LogP contribution in [-0.4, -0.2) is 44.3 Å². The van der Waals surface area contributed by atoms with E-state index in [-0.39, 0.29) is 23.8 Å². The van der Waals surface area contributed by atoms with Crippen molar-refractivity contribution >= 4 is 59.4 Å². The van der Waals surface area contributed by atoms with Gasteiger partial charge >= 0.3 is 0 Å². The van der Waals surface area contributed by atoms with E-state index < -0.39 is 28.5 Å². The fourth-order valence-electron chi connectivity index (χ4n) is 4.89. The molecule has 0 fully saturated rings. The normalized spacial score (nSPS) is 11.9. The van der Waals surface area contributed by atoms with Crippen LogP contribution >= 0.6 is 31.9 Å². The minimum absolute atomic E-state index is 0.0672. The third kappa shape index (κ3) is 9.51. The zero-order chi connectivity index (χ0) is 32.4. The van der Waals surface area contributed by atoms with E-state index in [1.807, 2.05) is 68.4 Å². The van der Waals surface area contributed by atoms with Gasteiger partial charge in [-0.15, -0.1) is 0 Å². The van der Waals surface area contributed by atoms with Gasteiger partial charge in [-0.3, -0.25) is 13.9 Å². The Morgan fingerprint density at radius 3 is 2.11 bits per heavy atom. The van der Waals surface area contributed by atoms with Gasteiger partial charge in [0.25, 0.3) is 10.0 Å². The van der Waals surface area contributed by atoms with E-state index in [0.717, 1.165) is 38.3 Å². The zero-order valence-corrected chi connectivity index (χ0v) is 29.3. The molecule has 45 heavy (non-hydrogen) atoms. The number of unbranched alkanes of at least 4 members (excludes halogenated alkanes) is 1. The smallest absolute Gasteiger partial charge is 0.264 e. The first-order chi connectivity index (χ1) is 21.6. The standard InChI is InChI=1S/C35H37Br2N3O4S/c1-3-4-20-38-35(42)33(22-27-10-6-5-7-11-27)39(24-28-12-8-13-29(36)21-28)34(41)25-40(31-15-9-14-30(37)23-31)45(43,44)32-18-16-26(2)17-19-32/h5-19,21,23,33H,3-4,20,22,24-25H2,1-2H3,(H,38,42)/t33-/m0/s1. The number of nitrogens with zero attached hydrogens (tertiary/aromatic N) is 2. The molecule has 7 nitrogen and oxygen atoms in total. The Kier molecular flexibility index (Phi) is 12.4. The number of carbonyl (C=O) groups excluding carboxylic acids is 2. The number of aryl methyl sites for hydroxylation is 1. The molecular weight excluding hydrogens is 718 g/mol. The fraction of sp³-hybridized carbons (Fsp3) is 0.257. The summed E-state index contributed by atoms with van der Waals surface area (Å²) >= 11 is 6.96. The lowest BCUT2D eigenvalue weighted by atomic mass is 10.0. The lowest BCUT2D eigenvalue weighted by molar-refractivity contribution is -0.140. The van der Waals surface area contributed by atoms with E-state index in [9.17, 15) is 18.0 Å². The Labute approximate surface area is 283 Å². The first-order valence-electron chi connectivity index (χ1n) is 14.8. The molecule has 0 aromatic heterocycles. The van der Waals surface area contributed by atoms with Gasteiger partial charge in [0.15, 0.2) is 0 Å². The monoisotopic (exact) mass is 753 g/mol. The SMILES string of the molecule is CCCCNC(=O)[C@H](Cc1ccccc1)N(Cc1cccc(Br)c1)C(=O)CN(c1cccc(Br)c1)S(=O)(=O)c1ccc(C)cc1. The number of benzene rings is 4. The number of anilines is 1. The summed E-state index contributed by atoms with van der Waals surface area (Å²) in [5, 5.41) is 3.01. The summed E-state index contributed by atoms with van der Waals surface area (Å²) in [6.45, 7) is 4.00. The van der Waals surface area contributed by atoms with Gasteiger partial charge in [-0.05, 0) is 66.9 Å². The van der Waals surface area contributed by atoms with Gasteiger partial charge in [-0.2, -0.15) is 0 Å². The minimum atomic E-state index is -4.16. The van der Waals surface area contributed by atoms with Gasteiger partial charge in [0.1, 0.15) is 12.6 Å². The molecule has 0 unspecified atom stereocenters. The Morgan fingerprint density at radius 1 is 0.822 bits per heavy atom. The third-order valence-electron chi connectivity index (χ3n) is 7.33. The maximum atomic E-state index is 14.5. The van der Waals surface area contributed by atoms with Crippen LogP contribution in [0.5, 0.6) is 0 Å². The van der Waals surface area contributed by atoms with Gasteiger partial charge < -0.3 is 10.2 Å². The maximum absolute atomic E-state index is 14.5. The molecule has 1 N–H and O–H groups in total. The molecule has 4 aromatic carbocycles. The second kappa shape index (κ2) is 16.2. The molecule has 0 aliphatic carbocycles. The molecule has 236 valence electrons. The van der Waals surface area contributed by atoms with Crippen molar-refractivity contribution < 1.29 is 18.0 Å². The van der Waals surface area contributed by atoms with Gasteiger partial charge in [0.2, 0.25) is 11.8 Å². The molecule has 0 aliphatic heterocycles. The second-order valence-electron chi connectivity index (χ2n) is 10.8. The van der Waals surface area contributed by atoms with Crippen molar-refractivity contribution in [1.82, 2.24) is 10.2 Å². The molecule has 2 amide bonds. The van der Waals surface area contributed by atoms with Crippen molar-refractivity contribution in [2.45, 2.75) is 50.6 Å². The molecule has 4 rings (SSSR count). The summed E-state index contributed by atoms with van der Waals surface area (Å²) in [6.07, 6.45) is 1.97. The fourth-order valence-corrected chi connectivity index (χ4v) is 7.13. The molecular formula is C35H37Br2N3O4S. The predicted octanol–water partition coefficient (Wildman–Crippen LogP) is 7.27. The Balaban J connectivity index is 1.79. The van der Waals surface area contributed by atoms with E-state index in [0.29, 0.717) is 16.7 Å². The van der Waals surface area contributed by atoms with Crippen molar-refractivity contribution in [2.75, 3.05) is 17.4 Å². The van der Waals surface area contributed by atoms with Gasteiger partial charge in [-0.1, -0.05) is 111 Å². The largest absolute Gasteiger partial charge is 0.354 e. The van der Waals surface area contributed by atoms with Gasteiger partial charge in [0, 0.05) is 28.5 Å². The molecule has 1 atom stereocenters. The van der Waals surface area contributed by atoms with Crippen molar-refractivity contribution in [3.63, 3.8) is 0 Å². The first kappa shape index (κ1) is 34.4. The highest BCUT2D eigenvalue weighted by Crippen LogP contribution is 2.28. The van der Waals surface area contributed by atoms with Gasteiger partial charge in [-0.25, -0.2) is 8.42 Å². The highest BCUT2D eigenvalue weighted by molar-refractivity contribution is 9.10. The van der Waals surface area contributed by atoms with Crippen LogP contribution in [0.4, 0.5) is 5.69 Å².